The van der Waals surface area contributed by atoms with Crippen LogP contribution in [0.1, 0.15) is 113 Å². The third-order valence-electron chi connectivity index (χ3n) is 13.1. The Morgan fingerprint density at radius 1 is 0.939 bits per heavy atom. The number of aliphatic hydroxyl groups excluding tert-OH is 2. The fourth-order valence-corrected chi connectivity index (χ4v) is 11.7. The third kappa shape index (κ3) is 3.10. The molecular formula is C30H52O3. The van der Waals surface area contributed by atoms with Gasteiger partial charge in [-0.2, -0.15) is 0 Å². The minimum atomic E-state index is -0.589. The van der Waals surface area contributed by atoms with Crippen molar-refractivity contribution in [2.75, 3.05) is 0 Å². The summed E-state index contributed by atoms with van der Waals surface area (Å²) in [5, 5.41) is 32.5. The van der Waals surface area contributed by atoms with Crippen LogP contribution in [0, 0.1) is 57.2 Å². The van der Waals surface area contributed by atoms with E-state index in [-0.39, 0.29) is 23.0 Å². The molecule has 0 saturated heterocycles. The Morgan fingerprint density at radius 3 is 2.30 bits per heavy atom. The van der Waals surface area contributed by atoms with Gasteiger partial charge in [0, 0.05) is 0 Å². The fourth-order valence-electron chi connectivity index (χ4n) is 11.7. The first-order valence-corrected chi connectivity index (χ1v) is 14.3. The predicted molar refractivity (Wildman–Crippen MR) is 134 cm³/mol. The maximum Gasteiger partial charge on any atom is 0.0594 e. The second kappa shape index (κ2) is 7.45. The molecule has 11 atom stereocenters. The molecule has 4 unspecified atom stereocenters. The van der Waals surface area contributed by atoms with Gasteiger partial charge in [0.25, 0.3) is 0 Å². The lowest BCUT2D eigenvalue weighted by atomic mass is 9.46. The molecule has 0 amide bonds. The van der Waals surface area contributed by atoms with Crippen molar-refractivity contribution in [2.45, 2.75) is 130 Å². The van der Waals surface area contributed by atoms with Crippen LogP contribution in [0.4, 0.5) is 0 Å². The van der Waals surface area contributed by atoms with Gasteiger partial charge in [-0.25, -0.2) is 0 Å². The van der Waals surface area contributed by atoms with Crippen LogP contribution in [0.5, 0.6) is 0 Å². The quantitative estimate of drug-likeness (QED) is 0.458. The van der Waals surface area contributed by atoms with Crippen LogP contribution in [0.25, 0.3) is 0 Å². The van der Waals surface area contributed by atoms with E-state index in [1.54, 1.807) is 0 Å². The number of hydrogen-bond acceptors (Lipinski definition) is 3. The lowest BCUT2D eigenvalue weighted by Crippen LogP contribution is -2.54. The molecule has 5 saturated carbocycles. The zero-order chi connectivity index (χ0) is 24.2. The average Bonchev–Trinajstić information content (AvgIpc) is 3.10. The van der Waals surface area contributed by atoms with Crippen LogP contribution in [-0.2, 0) is 0 Å². The van der Waals surface area contributed by atoms with Gasteiger partial charge in [-0.3, -0.25) is 0 Å². The van der Waals surface area contributed by atoms with E-state index in [1.807, 2.05) is 13.8 Å². The Balaban J connectivity index is 1.39. The second-order valence-corrected chi connectivity index (χ2v) is 15.0. The molecule has 2 spiro atoms. The molecule has 0 bridgehead atoms. The van der Waals surface area contributed by atoms with Gasteiger partial charge in [-0.05, 0) is 122 Å². The predicted octanol–water partition coefficient (Wildman–Crippen LogP) is 6.19. The molecule has 5 fully saturated rings. The first-order chi connectivity index (χ1) is 15.2. The minimum Gasteiger partial charge on any atom is -0.393 e. The molecule has 33 heavy (non-hydrogen) atoms. The van der Waals surface area contributed by atoms with Crippen molar-refractivity contribution in [3.8, 4) is 0 Å². The van der Waals surface area contributed by atoms with Gasteiger partial charge in [0.1, 0.15) is 0 Å². The van der Waals surface area contributed by atoms with Crippen molar-refractivity contribution in [3.05, 3.63) is 0 Å². The summed E-state index contributed by atoms with van der Waals surface area (Å²) in [6, 6.07) is 0. The topological polar surface area (TPSA) is 60.7 Å². The van der Waals surface area contributed by atoms with E-state index in [0.29, 0.717) is 34.5 Å². The Morgan fingerprint density at radius 2 is 1.64 bits per heavy atom. The molecule has 0 aromatic heterocycles. The highest BCUT2D eigenvalue weighted by Crippen LogP contribution is 2.89. The lowest BCUT2D eigenvalue weighted by molar-refractivity contribution is -0.134. The van der Waals surface area contributed by atoms with Crippen molar-refractivity contribution in [1.29, 1.82) is 0 Å². The summed E-state index contributed by atoms with van der Waals surface area (Å²) in [4.78, 5) is 0. The van der Waals surface area contributed by atoms with E-state index in [4.69, 9.17) is 0 Å². The maximum absolute atomic E-state index is 11.4. The van der Waals surface area contributed by atoms with Crippen LogP contribution in [0.2, 0.25) is 0 Å². The summed E-state index contributed by atoms with van der Waals surface area (Å²) in [6.07, 6.45) is 11.1. The van der Waals surface area contributed by atoms with Gasteiger partial charge in [0.2, 0.25) is 0 Å². The van der Waals surface area contributed by atoms with Gasteiger partial charge < -0.3 is 15.3 Å². The summed E-state index contributed by atoms with van der Waals surface area (Å²) in [5.41, 5.74) is 0.615. The minimum absolute atomic E-state index is 0.0362. The largest absolute Gasteiger partial charge is 0.393 e. The summed E-state index contributed by atoms with van der Waals surface area (Å²) in [6.45, 7) is 16.0. The molecule has 5 aliphatic carbocycles. The number of hydrogen-bond donors (Lipinski definition) is 3. The van der Waals surface area contributed by atoms with Crippen LogP contribution < -0.4 is 0 Å². The number of fused-ring (bicyclic) bond motifs is 2. The summed E-state index contributed by atoms with van der Waals surface area (Å²) in [5.74, 6) is 3.76. The van der Waals surface area contributed by atoms with Gasteiger partial charge in [0.05, 0.1) is 17.8 Å². The lowest BCUT2D eigenvalue weighted by Gasteiger charge is -2.59. The average molecular weight is 461 g/mol. The Bertz CT molecular complexity index is 769. The van der Waals surface area contributed by atoms with E-state index in [0.717, 1.165) is 43.9 Å². The van der Waals surface area contributed by atoms with Crippen molar-refractivity contribution in [2.24, 2.45) is 57.2 Å². The molecule has 3 N–H and O–H groups in total. The molecule has 190 valence electrons. The molecule has 0 radical (unpaired) electrons. The molecule has 0 aliphatic heterocycles. The van der Waals surface area contributed by atoms with Gasteiger partial charge in [0.15, 0.2) is 0 Å². The van der Waals surface area contributed by atoms with E-state index >= 15 is 0 Å². The smallest absolute Gasteiger partial charge is 0.0594 e. The third-order valence-corrected chi connectivity index (χ3v) is 13.1. The highest BCUT2D eigenvalue weighted by molar-refractivity contribution is 5.32. The standard InChI is InChI=1S/C30H52O3/c1-18(9-8-13-26(3,4)33)25-22(31)17-21-20-10-11-23-27(5,6)24(32)12-14-30(23)19(2)29(20,30)16-15-28(21,25)7/h18-25,31-33H,8-17H2,1-7H3/t18-,19+,20+,21?,22?,23?,24+,25?,28+,29+,30-/m1/s1. The Kier molecular flexibility index (Phi) is 5.55. The molecule has 0 heterocycles. The second-order valence-electron chi connectivity index (χ2n) is 15.0. The van der Waals surface area contributed by atoms with Gasteiger partial charge in [-0.1, -0.05) is 47.5 Å². The molecule has 0 aromatic carbocycles. The van der Waals surface area contributed by atoms with Crippen LogP contribution in [-0.4, -0.2) is 33.1 Å². The number of rotatable bonds is 5. The fraction of sp³-hybridized carbons (Fsp3) is 1.00. The first-order valence-electron chi connectivity index (χ1n) is 14.3. The van der Waals surface area contributed by atoms with E-state index in [1.165, 1.54) is 32.1 Å². The molecule has 0 aromatic rings. The van der Waals surface area contributed by atoms with E-state index in [2.05, 4.69) is 34.6 Å². The zero-order valence-corrected chi connectivity index (χ0v) is 22.5. The molecule has 5 aliphatic rings. The zero-order valence-electron chi connectivity index (χ0n) is 22.5. The van der Waals surface area contributed by atoms with Crippen LogP contribution in [0.3, 0.4) is 0 Å². The summed E-state index contributed by atoms with van der Waals surface area (Å²) < 4.78 is 0. The van der Waals surface area contributed by atoms with Crippen molar-refractivity contribution >= 4 is 0 Å². The molecular weight excluding hydrogens is 408 g/mol. The normalized spacial score (nSPS) is 53.5. The van der Waals surface area contributed by atoms with Gasteiger partial charge in [-0.15, -0.1) is 0 Å². The van der Waals surface area contributed by atoms with Crippen molar-refractivity contribution in [3.63, 3.8) is 0 Å². The van der Waals surface area contributed by atoms with E-state index < -0.39 is 5.60 Å². The monoisotopic (exact) mass is 460 g/mol. The van der Waals surface area contributed by atoms with E-state index in [9.17, 15) is 15.3 Å². The van der Waals surface area contributed by atoms with Crippen LogP contribution in [0.15, 0.2) is 0 Å². The molecule has 3 heteroatoms. The first kappa shape index (κ1) is 24.6. The molecule has 5 rings (SSSR count). The van der Waals surface area contributed by atoms with Gasteiger partial charge >= 0.3 is 0 Å². The van der Waals surface area contributed by atoms with Crippen molar-refractivity contribution < 1.29 is 15.3 Å². The highest BCUT2D eigenvalue weighted by Gasteiger charge is 2.84. The summed E-state index contributed by atoms with van der Waals surface area (Å²) in [7, 11) is 0. The van der Waals surface area contributed by atoms with Crippen molar-refractivity contribution in [1.82, 2.24) is 0 Å². The maximum atomic E-state index is 11.4. The SMILES string of the molecule is C[C@H](CCCC(C)(C)O)C1C(O)CC2[C@@H]3CCC4C(C)(C)[C@@H](O)CC[C@@]45[C@@H](C)[C@@]35CC[C@]12C. The number of aliphatic hydroxyl groups is 3. The molecule has 3 nitrogen and oxygen atoms in total. The van der Waals surface area contributed by atoms with Crippen LogP contribution >= 0.6 is 0 Å². The summed E-state index contributed by atoms with van der Waals surface area (Å²) >= 11 is 0. The Labute approximate surface area is 203 Å². The Hall–Kier alpha value is -0.120. The highest BCUT2D eigenvalue weighted by atomic mass is 16.3.